The van der Waals surface area contributed by atoms with Crippen molar-refractivity contribution >= 4 is 21.7 Å². The minimum Gasteiger partial charge on any atom is -0.365 e. The van der Waals surface area contributed by atoms with Crippen LogP contribution in [0.4, 0.5) is 5.82 Å². The number of hydrogen-bond donors (Lipinski definition) is 1. The molecule has 8 heteroatoms. The van der Waals surface area contributed by atoms with Crippen LogP contribution >= 0.6 is 0 Å². The van der Waals surface area contributed by atoms with Crippen LogP contribution in [-0.4, -0.2) is 49.8 Å². The Balaban J connectivity index is 1.81. The molecule has 0 spiro atoms. The lowest BCUT2D eigenvalue weighted by atomic mass is 10.2. The maximum Gasteiger partial charge on any atom is 0.252 e. The molecule has 0 aliphatic carbocycles. The topological polar surface area (TPSA) is 96.6 Å². The molecule has 0 saturated carbocycles. The third kappa shape index (κ3) is 3.71. The number of sulfonamides is 1. The zero-order valence-corrected chi connectivity index (χ0v) is 15.4. The molecule has 1 amide bonds. The number of carbonyl (C=O) groups excluding carboxylic acids is 1. The largest absolute Gasteiger partial charge is 0.365 e. The van der Waals surface area contributed by atoms with Crippen molar-refractivity contribution in [2.24, 2.45) is 5.73 Å². The molecule has 7 nitrogen and oxygen atoms in total. The summed E-state index contributed by atoms with van der Waals surface area (Å²) in [6, 6.07) is 10.2. The van der Waals surface area contributed by atoms with Gasteiger partial charge in [0.1, 0.15) is 5.82 Å². The molecule has 0 unspecified atom stereocenters. The summed E-state index contributed by atoms with van der Waals surface area (Å²) >= 11 is 0. The van der Waals surface area contributed by atoms with Crippen LogP contribution in [0.2, 0.25) is 0 Å². The summed E-state index contributed by atoms with van der Waals surface area (Å²) in [6.45, 7) is 3.72. The van der Waals surface area contributed by atoms with Gasteiger partial charge in [0.15, 0.2) is 0 Å². The van der Waals surface area contributed by atoms with Crippen molar-refractivity contribution in [3.05, 3.63) is 53.7 Å². The number of primary amides is 1. The highest BCUT2D eigenvalue weighted by Gasteiger charge is 2.28. The van der Waals surface area contributed by atoms with Gasteiger partial charge in [0.2, 0.25) is 10.0 Å². The van der Waals surface area contributed by atoms with Crippen LogP contribution in [0.25, 0.3) is 0 Å². The fourth-order valence-electron chi connectivity index (χ4n) is 3.05. The SMILES string of the molecule is Cc1ccc(S(=O)(=O)N2CCCN(c3ncccc3C(N)=O)CC2)cc1. The average molecular weight is 374 g/mol. The first-order valence-electron chi connectivity index (χ1n) is 8.46. The van der Waals surface area contributed by atoms with Crippen molar-refractivity contribution in [1.82, 2.24) is 9.29 Å². The summed E-state index contributed by atoms with van der Waals surface area (Å²) < 4.78 is 27.3. The van der Waals surface area contributed by atoms with E-state index in [1.165, 1.54) is 4.31 Å². The molecule has 3 rings (SSSR count). The Kier molecular flexibility index (Phi) is 5.24. The summed E-state index contributed by atoms with van der Waals surface area (Å²) in [5, 5.41) is 0. The van der Waals surface area contributed by atoms with Gasteiger partial charge < -0.3 is 10.6 Å². The van der Waals surface area contributed by atoms with Crippen LogP contribution in [0.5, 0.6) is 0 Å². The fourth-order valence-corrected chi connectivity index (χ4v) is 4.52. The maximum absolute atomic E-state index is 12.9. The van der Waals surface area contributed by atoms with Gasteiger partial charge in [-0.15, -0.1) is 0 Å². The van der Waals surface area contributed by atoms with Crippen molar-refractivity contribution < 1.29 is 13.2 Å². The Morgan fingerprint density at radius 2 is 1.81 bits per heavy atom. The highest BCUT2D eigenvalue weighted by atomic mass is 32.2. The lowest BCUT2D eigenvalue weighted by Crippen LogP contribution is -2.36. The first kappa shape index (κ1) is 18.3. The number of amides is 1. The van der Waals surface area contributed by atoms with Crippen molar-refractivity contribution in [3.63, 3.8) is 0 Å². The minimum absolute atomic E-state index is 0.298. The Morgan fingerprint density at radius 1 is 1.08 bits per heavy atom. The lowest BCUT2D eigenvalue weighted by molar-refractivity contribution is 0.100. The number of hydrogen-bond acceptors (Lipinski definition) is 5. The number of benzene rings is 1. The molecule has 1 fully saturated rings. The zero-order chi connectivity index (χ0) is 18.7. The van der Waals surface area contributed by atoms with Crippen LogP contribution in [0.15, 0.2) is 47.5 Å². The summed E-state index contributed by atoms with van der Waals surface area (Å²) in [7, 11) is -3.54. The van der Waals surface area contributed by atoms with Crippen molar-refractivity contribution in [1.29, 1.82) is 0 Å². The van der Waals surface area contributed by atoms with E-state index in [0.29, 0.717) is 48.9 Å². The standard InChI is InChI=1S/C18H22N4O3S/c1-14-5-7-15(8-6-14)26(24,25)22-11-3-10-21(12-13-22)18-16(17(19)23)4-2-9-20-18/h2,4-9H,3,10-13H2,1H3,(H2,19,23). The molecule has 2 aromatic rings. The summed E-state index contributed by atoms with van der Waals surface area (Å²) in [6.07, 6.45) is 2.24. The van der Waals surface area contributed by atoms with E-state index in [4.69, 9.17) is 5.73 Å². The molecule has 0 bridgehead atoms. The third-order valence-electron chi connectivity index (χ3n) is 4.47. The van der Waals surface area contributed by atoms with E-state index in [1.807, 2.05) is 11.8 Å². The number of nitrogens with zero attached hydrogens (tertiary/aromatic N) is 3. The van der Waals surface area contributed by atoms with Crippen LogP contribution in [-0.2, 0) is 10.0 Å². The molecule has 1 aromatic heterocycles. The van der Waals surface area contributed by atoms with Gasteiger partial charge >= 0.3 is 0 Å². The van der Waals surface area contributed by atoms with E-state index < -0.39 is 15.9 Å². The Morgan fingerprint density at radius 3 is 2.50 bits per heavy atom. The van der Waals surface area contributed by atoms with Gasteiger partial charge in [0.05, 0.1) is 10.5 Å². The second-order valence-electron chi connectivity index (χ2n) is 6.30. The zero-order valence-electron chi connectivity index (χ0n) is 14.6. The molecule has 1 aromatic carbocycles. The maximum atomic E-state index is 12.9. The first-order chi connectivity index (χ1) is 12.4. The first-order valence-corrected chi connectivity index (χ1v) is 9.90. The van der Waals surface area contributed by atoms with Gasteiger partial charge in [0, 0.05) is 32.4 Å². The number of nitrogens with two attached hydrogens (primary N) is 1. The smallest absolute Gasteiger partial charge is 0.252 e. The number of anilines is 1. The average Bonchev–Trinajstić information content (AvgIpc) is 2.88. The van der Waals surface area contributed by atoms with Gasteiger partial charge in [-0.25, -0.2) is 13.4 Å². The van der Waals surface area contributed by atoms with E-state index >= 15 is 0 Å². The molecule has 138 valence electrons. The van der Waals surface area contributed by atoms with Crippen LogP contribution in [0, 0.1) is 6.92 Å². The molecule has 1 aliphatic rings. The van der Waals surface area contributed by atoms with Crippen LogP contribution in [0.3, 0.4) is 0 Å². The Bertz CT molecular complexity index is 897. The molecular formula is C18H22N4O3S. The molecule has 0 atom stereocenters. The quantitative estimate of drug-likeness (QED) is 0.872. The minimum atomic E-state index is -3.54. The molecule has 26 heavy (non-hydrogen) atoms. The van der Waals surface area contributed by atoms with Crippen LogP contribution in [0.1, 0.15) is 22.3 Å². The van der Waals surface area contributed by atoms with E-state index in [0.717, 1.165) is 5.56 Å². The predicted molar refractivity (Wildman–Crippen MR) is 99.5 cm³/mol. The van der Waals surface area contributed by atoms with Crippen LogP contribution < -0.4 is 10.6 Å². The summed E-state index contributed by atoms with van der Waals surface area (Å²) in [5.74, 6) is -0.0314. The van der Waals surface area contributed by atoms with Gasteiger partial charge in [-0.2, -0.15) is 4.31 Å². The van der Waals surface area contributed by atoms with Crippen molar-refractivity contribution in [2.75, 3.05) is 31.1 Å². The highest BCUT2D eigenvalue weighted by molar-refractivity contribution is 7.89. The molecule has 0 radical (unpaired) electrons. The van der Waals surface area contributed by atoms with Gasteiger partial charge in [-0.1, -0.05) is 17.7 Å². The molecular weight excluding hydrogens is 352 g/mol. The molecule has 2 N–H and O–H groups in total. The number of pyridine rings is 1. The van der Waals surface area contributed by atoms with E-state index in [2.05, 4.69) is 4.98 Å². The van der Waals surface area contributed by atoms with Crippen molar-refractivity contribution in [2.45, 2.75) is 18.2 Å². The second-order valence-corrected chi connectivity index (χ2v) is 8.23. The molecule has 1 saturated heterocycles. The molecule has 1 aliphatic heterocycles. The number of rotatable bonds is 4. The van der Waals surface area contributed by atoms with E-state index in [9.17, 15) is 13.2 Å². The Labute approximate surface area is 153 Å². The third-order valence-corrected chi connectivity index (χ3v) is 6.38. The number of aromatic nitrogens is 1. The summed E-state index contributed by atoms with van der Waals surface area (Å²) in [4.78, 5) is 18.1. The van der Waals surface area contributed by atoms with Gasteiger partial charge in [-0.05, 0) is 37.6 Å². The van der Waals surface area contributed by atoms with Gasteiger partial charge in [0.25, 0.3) is 5.91 Å². The number of carbonyl (C=O) groups is 1. The van der Waals surface area contributed by atoms with E-state index in [-0.39, 0.29) is 0 Å². The van der Waals surface area contributed by atoms with E-state index in [1.54, 1.807) is 42.6 Å². The number of aryl methyl sites for hydroxylation is 1. The monoisotopic (exact) mass is 374 g/mol. The van der Waals surface area contributed by atoms with Gasteiger partial charge in [-0.3, -0.25) is 4.79 Å². The summed E-state index contributed by atoms with van der Waals surface area (Å²) in [5.41, 5.74) is 6.80. The predicted octanol–water partition coefficient (Wildman–Crippen LogP) is 1.39. The lowest BCUT2D eigenvalue weighted by Gasteiger charge is -2.24. The highest BCUT2D eigenvalue weighted by Crippen LogP contribution is 2.22. The normalized spacial score (nSPS) is 16.3. The Hall–Kier alpha value is -2.45. The molecule has 2 heterocycles. The van der Waals surface area contributed by atoms with Crippen molar-refractivity contribution in [3.8, 4) is 0 Å². The second kappa shape index (κ2) is 7.43. The fraction of sp³-hybridized carbons (Fsp3) is 0.333.